The normalized spacial score (nSPS) is 20.3. The van der Waals surface area contributed by atoms with Crippen LogP contribution in [0.3, 0.4) is 0 Å². The summed E-state index contributed by atoms with van der Waals surface area (Å²) in [5.74, 6) is 0.669. The van der Waals surface area contributed by atoms with Crippen molar-refractivity contribution in [3.05, 3.63) is 35.6 Å². The number of amides is 1. The molecule has 31 heavy (non-hydrogen) atoms. The van der Waals surface area contributed by atoms with E-state index in [9.17, 15) is 9.18 Å². The third-order valence-corrected chi connectivity index (χ3v) is 6.79. The van der Waals surface area contributed by atoms with E-state index in [1.807, 2.05) is 27.1 Å². The number of rotatable bonds is 7. The van der Waals surface area contributed by atoms with E-state index in [2.05, 4.69) is 10.6 Å². The molecule has 1 heterocycles. The maximum atomic E-state index is 14.0. The van der Waals surface area contributed by atoms with Crippen molar-refractivity contribution in [1.29, 1.82) is 0 Å². The van der Waals surface area contributed by atoms with Crippen LogP contribution in [0.25, 0.3) is 0 Å². The number of carbonyl (C=O) groups is 1. The molecule has 6 nitrogen and oxygen atoms in total. The smallest absolute Gasteiger partial charge is 0.230 e. The summed E-state index contributed by atoms with van der Waals surface area (Å²) in [7, 11) is 3.65. The lowest BCUT2D eigenvalue weighted by atomic mass is 9.74. The van der Waals surface area contributed by atoms with E-state index in [4.69, 9.17) is 9.73 Å². The van der Waals surface area contributed by atoms with Crippen molar-refractivity contribution in [2.24, 2.45) is 10.4 Å². The molecule has 0 bridgehead atoms. The van der Waals surface area contributed by atoms with Crippen molar-refractivity contribution in [2.75, 3.05) is 46.9 Å². The van der Waals surface area contributed by atoms with Gasteiger partial charge in [0.2, 0.25) is 5.91 Å². The molecule has 1 aromatic carbocycles. The molecule has 0 radical (unpaired) electrons. The molecule has 2 N–H and O–H groups in total. The number of carbonyl (C=O) groups excluding carboxylic acids is 1. The van der Waals surface area contributed by atoms with Crippen molar-refractivity contribution in [3.63, 3.8) is 0 Å². The van der Waals surface area contributed by atoms with Crippen LogP contribution in [0.2, 0.25) is 0 Å². The van der Waals surface area contributed by atoms with Crippen molar-refractivity contribution < 1.29 is 13.9 Å². The highest BCUT2D eigenvalue weighted by Gasteiger charge is 2.42. The highest BCUT2D eigenvalue weighted by atomic mass is 19.1. The Morgan fingerprint density at radius 2 is 1.87 bits per heavy atom. The highest BCUT2D eigenvalue weighted by Crippen LogP contribution is 2.40. The Morgan fingerprint density at radius 1 is 1.16 bits per heavy atom. The van der Waals surface area contributed by atoms with Gasteiger partial charge < -0.3 is 20.3 Å². The van der Waals surface area contributed by atoms with E-state index in [1.165, 1.54) is 6.07 Å². The van der Waals surface area contributed by atoms with Crippen molar-refractivity contribution in [3.8, 4) is 0 Å². The summed E-state index contributed by atoms with van der Waals surface area (Å²) in [6.45, 7) is 5.20. The van der Waals surface area contributed by atoms with Crippen LogP contribution in [0.15, 0.2) is 29.3 Å². The molecule has 172 valence electrons. The quantitative estimate of drug-likeness (QED) is 0.513. The van der Waals surface area contributed by atoms with Gasteiger partial charge in [0.1, 0.15) is 5.82 Å². The Morgan fingerprint density at radius 3 is 2.48 bits per heavy atom. The Hall–Kier alpha value is -2.15. The van der Waals surface area contributed by atoms with Crippen LogP contribution in [-0.4, -0.2) is 63.7 Å². The predicted molar refractivity (Wildman–Crippen MR) is 122 cm³/mol. The van der Waals surface area contributed by atoms with Crippen LogP contribution in [0.4, 0.5) is 4.39 Å². The first-order chi connectivity index (χ1) is 14.9. The van der Waals surface area contributed by atoms with E-state index in [-0.39, 0.29) is 17.1 Å². The van der Waals surface area contributed by atoms with Gasteiger partial charge in [-0.05, 0) is 50.3 Å². The van der Waals surface area contributed by atoms with Gasteiger partial charge in [0.05, 0.1) is 12.0 Å². The molecular weight excluding hydrogens is 395 g/mol. The summed E-state index contributed by atoms with van der Waals surface area (Å²) in [5, 5.41) is 6.81. The van der Waals surface area contributed by atoms with Crippen LogP contribution < -0.4 is 10.6 Å². The summed E-state index contributed by atoms with van der Waals surface area (Å²) in [6.07, 6.45) is 5.57. The minimum absolute atomic E-state index is 0.172. The fourth-order valence-electron chi connectivity index (χ4n) is 4.94. The molecule has 0 spiro atoms. The number of ether oxygens (including phenoxy) is 1. The highest BCUT2D eigenvalue weighted by molar-refractivity contribution is 5.84. The number of aliphatic imine (C=N–C) groups is 1. The number of nitrogens with zero attached hydrogens (tertiary/aromatic N) is 2. The van der Waals surface area contributed by atoms with Gasteiger partial charge in [0, 0.05) is 45.8 Å². The van der Waals surface area contributed by atoms with Gasteiger partial charge in [-0.1, -0.05) is 25.0 Å². The van der Waals surface area contributed by atoms with Crippen molar-refractivity contribution in [2.45, 2.75) is 50.9 Å². The minimum Gasteiger partial charge on any atom is -0.381 e. The lowest BCUT2D eigenvalue weighted by Crippen LogP contribution is -2.48. The Bertz CT molecular complexity index is 769. The number of nitrogens with one attached hydrogen (secondary N) is 2. The molecule has 0 unspecified atom stereocenters. The maximum absolute atomic E-state index is 14.0. The van der Waals surface area contributed by atoms with Crippen molar-refractivity contribution in [1.82, 2.24) is 15.5 Å². The molecule has 2 fully saturated rings. The van der Waals surface area contributed by atoms with Crippen molar-refractivity contribution >= 4 is 11.9 Å². The largest absolute Gasteiger partial charge is 0.381 e. The molecular formula is C24H37FN4O2. The van der Waals surface area contributed by atoms with E-state index >= 15 is 0 Å². The molecule has 1 aliphatic heterocycles. The van der Waals surface area contributed by atoms with Crippen LogP contribution in [0, 0.1) is 11.2 Å². The molecule has 1 amide bonds. The topological polar surface area (TPSA) is 66.0 Å². The third-order valence-electron chi connectivity index (χ3n) is 6.79. The SMILES string of the molecule is CCNC(=NCC1(C(=O)N(C)C)CCCC1)NCC1(c2cccc(F)c2)CCOCC1. The number of hydrogen-bond donors (Lipinski definition) is 2. The fraction of sp³-hybridized carbons (Fsp3) is 0.667. The maximum Gasteiger partial charge on any atom is 0.230 e. The minimum atomic E-state index is -0.398. The number of guanidine groups is 1. The molecule has 1 saturated heterocycles. The second-order valence-electron chi connectivity index (χ2n) is 9.14. The molecule has 0 aromatic heterocycles. The third kappa shape index (κ3) is 5.56. The van der Waals surface area contributed by atoms with Crippen LogP contribution in [-0.2, 0) is 14.9 Å². The molecule has 0 atom stereocenters. The molecule has 1 aromatic rings. The summed E-state index contributed by atoms with van der Waals surface area (Å²) in [5.41, 5.74) is 0.389. The second kappa shape index (κ2) is 10.4. The van der Waals surface area contributed by atoms with Gasteiger partial charge in [-0.25, -0.2) is 4.39 Å². The summed E-state index contributed by atoms with van der Waals surface area (Å²) in [4.78, 5) is 19.4. The molecule has 3 rings (SSSR count). The van der Waals surface area contributed by atoms with E-state index in [1.54, 1.807) is 17.0 Å². The first-order valence-electron chi connectivity index (χ1n) is 11.5. The zero-order valence-electron chi connectivity index (χ0n) is 19.2. The Balaban J connectivity index is 1.77. The average Bonchev–Trinajstić information content (AvgIpc) is 3.26. The molecule has 1 aliphatic carbocycles. The summed E-state index contributed by atoms with van der Waals surface area (Å²) in [6, 6.07) is 6.90. The standard InChI is InChI=1S/C24H37FN4O2/c1-4-26-22(28-18-24(10-5-6-11-24)21(30)29(2)3)27-17-23(12-14-31-15-13-23)19-8-7-9-20(25)16-19/h7-9,16H,4-6,10-15,17-18H2,1-3H3,(H2,26,27,28). The zero-order chi connectivity index (χ0) is 22.3. The van der Waals surface area contributed by atoms with Gasteiger partial charge in [0.15, 0.2) is 5.96 Å². The second-order valence-corrected chi connectivity index (χ2v) is 9.14. The number of benzene rings is 1. The molecule has 2 aliphatic rings. The Kier molecular flexibility index (Phi) is 7.92. The summed E-state index contributed by atoms with van der Waals surface area (Å²) < 4.78 is 19.6. The first-order valence-corrected chi connectivity index (χ1v) is 11.5. The van der Waals surface area contributed by atoms with E-state index in [0.717, 1.165) is 50.6 Å². The van der Waals surface area contributed by atoms with E-state index < -0.39 is 5.41 Å². The van der Waals surface area contributed by atoms with Gasteiger partial charge >= 0.3 is 0 Å². The first kappa shape index (κ1) is 23.5. The number of halogens is 1. The van der Waals surface area contributed by atoms with Crippen LogP contribution in [0.1, 0.15) is 51.0 Å². The van der Waals surface area contributed by atoms with E-state index in [0.29, 0.717) is 32.3 Å². The molecule has 7 heteroatoms. The van der Waals surface area contributed by atoms with Crippen LogP contribution >= 0.6 is 0 Å². The molecule has 1 saturated carbocycles. The monoisotopic (exact) mass is 432 g/mol. The van der Waals surface area contributed by atoms with Gasteiger partial charge in [0.25, 0.3) is 0 Å². The average molecular weight is 433 g/mol. The van der Waals surface area contributed by atoms with Gasteiger partial charge in [-0.2, -0.15) is 0 Å². The van der Waals surface area contributed by atoms with Gasteiger partial charge in [-0.15, -0.1) is 0 Å². The van der Waals surface area contributed by atoms with Gasteiger partial charge in [-0.3, -0.25) is 9.79 Å². The fourth-order valence-corrected chi connectivity index (χ4v) is 4.94. The lowest BCUT2D eigenvalue weighted by molar-refractivity contribution is -0.138. The lowest BCUT2D eigenvalue weighted by Gasteiger charge is -2.38. The summed E-state index contributed by atoms with van der Waals surface area (Å²) >= 11 is 0. The van der Waals surface area contributed by atoms with Crippen LogP contribution in [0.5, 0.6) is 0 Å². The predicted octanol–water partition coefficient (Wildman–Crippen LogP) is 3.08. The number of hydrogen-bond acceptors (Lipinski definition) is 3. The zero-order valence-corrected chi connectivity index (χ0v) is 19.2. The Labute approximate surface area is 185 Å².